The van der Waals surface area contributed by atoms with E-state index in [9.17, 15) is 0 Å². The first-order chi connectivity index (χ1) is 8.47. The molecule has 0 aromatic rings. The van der Waals surface area contributed by atoms with Crippen molar-refractivity contribution in [2.75, 3.05) is 0 Å². The molecule has 0 saturated carbocycles. The third kappa shape index (κ3) is 6.07. The fraction of sp³-hybridized carbons (Fsp3) is 0.889. The SMILES string of the molecule is CCCC=C(C(C)CC)C(C)C(C)CC(C)CC. The van der Waals surface area contributed by atoms with Gasteiger partial charge in [-0.1, -0.05) is 73.0 Å². The lowest BCUT2D eigenvalue weighted by atomic mass is 9.77. The van der Waals surface area contributed by atoms with Crippen LogP contribution in [0.2, 0.25) is 0 Å². The van der Waals surface area contributed by atoms with Crippen molar-refractivity contribution in [2.24, 2.45) is 23.7 Å². The van der Waals surface area contributed by atoms with Gasteiger partial charge in [-0.3, -0.25) is 0 Å². The molecule has 0 heterocycles. The molecule has 0 aliphatic carbocycles. The van der Waals surface area contributed by atoms with Crippen molar-refractivity contribution < 1.29 is 0 Å². The van der Waals surface area contributed by atoms with Crippen LogP contribution in [0.3, 0.4) is 0 Å². The van der Waals surface area contributed by atoms with Crippen LogP contribution in [0.4, 0.5) is 0 Å². The molecule has 18 heavy (non-hydrogen) atoms. The molecule has 4 unspecified atom stereocenters. The summed E-state index contributed by atoms with van der Waals surface area (Å²) in [5.41, 5.74) is 1.72. The summed E-state index contributed by atoms with van der Waals surface area (Å²) in [6.07, 6.45) is 9.01. The second-order valence-corrected chi connectivity index (χ2v) is 6.32. The topological polar surface area (TPSA) is 0 Å². The molecule has 108 valence electrons. The minimum Gasteiger partial charge on any atom is -0.0848 e. The van der Waals surface area contributed by atoms with Gasteiger partial charge in [0.05, 0.1) is 0 Å². The monoisotopic (exact) mass is 252 g/mol. The van der Waals surface area contributed by atoms with E-state index in [1.165, 1.54) is 32.1 Å². The van der Waals surface area contributed by atoms with Gasteiger partial charge in [0.15, 0.2) is 0 Å². The Hall–Kier alpha value is -0.260. The van der Waals surface area contributed by atoms with Crippen LogP contribution in [0.1, 0.15) is 80.6 Å². The molecule has 0 spiro atoms. The van der Waals surface area contributed by atoms with Crippen molar-refractivity contribution in [3.63, 3.8) is 0 Å². The Morgan fingerprint density at radius 1 is 0.944 bits per heavy atom. The minimum absolute atomic E-state index is 0.750. The lowest BCUT2D eigenvalue weighted by Crippen LogP contribution is -2.17. The predicted molar refractivity (Wildman–Crippen MR) is 84.8 cm³/mol. The summed E-state index contributed by atoms with van der Waals surface area (Å²) in [4.78, 5) is 0. The van der Waals surface area contributed by atoms with Crippen molar-refractivity contribution in [1.82, 2.24) is 0 Å². The average Bonchev–Trinajstić information content (AvgIpc) is 2.37. The summed E-state index contributed by atoms with van der Waals surface area (Å²) in [7, 11) is 0. The Balaban J connectivity index is 4.68. The maximum atomic E-state index is 2.53. The molecule has 0 heteroatoms. The molecular weight excluding hydrogens is 216 g/mol. The molecule has 0 amide bonds. The molecule has 0 fully saturated rings. The van der Waals surface area contributed by atoms with Gasteiger partial charge in [0, 0.05) is 0 Å². The maximum Gasteiger partial charge on any atom is -0.0203 e. The van der Waals surface area contributed by atoms with Crippen LogP contribution in [0, 0.1) is 23.7 Å². The van der Waals surface area contributed by atoms with E-state index in [4.69, 9.17) is 0 Å². The van der Waals surface area contributed by atoms with Crippen molar-refractivity contribution in [3.05, 3.63) is 11.6 Å². The molecule has 0 aliphatic rings. The zero-order valence-electron chi connectivity index (χ0n) is 13.9. The molecule has 0 aromatic heterocycles. The molecule has 0 rings (SSSR count). The van der Waals surface area contributed by atoms with Crippen LogP contribution in [-0.2, 0) is 0 Å². The quantitative estimate of drug-likeness (QED) is 0.413. The highest BCUT2D eigenvalue weighted by atomic mass is 14.3. The third-order valence-corrected chi connectivity index (χ3v) is 4.70. The Labute approximate surface area is 116 Å². The van der Waals surface area contributed by atoms with Gasteiger partial charge in [-0.05, 0) is 42.9 Å². The van der Waals surface area contributed by atoms with Gasteiger partial charge in [0.2, 0.25) is 0 Å². The average molecular weight is 252 g/mol. The number of rotatable bonds is 9. The van der Waals surface area contributed by atoms with Gasteiger partial charge in [-0.25, -0.2) is 0 Å². The van der Waals surface area contributed by atoms with Crippen molar-refractivity contribution in [2.45, 2.75) is 80.6 Å². The first-order valence-corrected chi connectivity index (χ1v) is 8.17. The summed E-state index contributed by atoms with van der Waals surface area (Å²) in [6, 6.07) is 0. The first-order valence-electron chi connectivity index (χ1n) is 8.17. The van der Waals surface area contributed by atoms with E-state index in [0.29, 0.717) is 0 Å². The Morgan fingerprint density at radius 3 is 2.00 bits per heavy atom. The van der Waals surface area contributed by atoms with Crippen LogP contribution in [0.15, 0.2) is 11.6 Å². The maximum absolute atomic E-state index is 2.53. The summed E-state index contributed by atoms with van der Waals surface area (Å²) >= 11 is 0. The Morgan fingerprint density at radius 2 is 1.56 bits per heavy atom. The smallest absolute Gasteiger partial charge is 0.0203 e. The van der Waals surface area contributed by atoms with E-state index < -0.39 is 0 Å². The fourth-order valence-corrected chi connectivity index (χ4v) is 2.72. The molecule has 0 nitrogen and oxygen atoms in total. The molecule has 0 aromatic carbocycles. The number of hydrogen-bond donors (Lipinski definition) is 0. The van der Waals surface area contributed by atoms with Gasteiger partial charge in [0.25, 0.3) is 0 Å². The van der Waals surface area contributed by atoms with Crippen LogP contribution in [-0.4, -0.2) is 0 Å². The van der Waals surface area contributed by atoms with Crippen molar-refractivity contribution in [3.8, 4) is 0 Å². The van der Waals surface area contributed by atoms with Crippen LogP contribution in [0.25, 0.3) is 0 Å². The third-order valence-electron chi connectivity index (χ3n) is 4.70. The normalized spacial score (nSPS) is 19.4. The van der Waals surface area contributed by atoms with Gasteiger partial charge in [0.1, 0.15) is 0 Å². The minimum atomic E-state index is 0.750. The van der Waals surface area contributed by atoms with E-state index in [1.54, 1.807) is 5.57 Å². The van der Waals surface area contributed by atoms with E-state index >= 15 is 0 Å². The molecule has 0 radical (unpaired) electrons. The zero-order chi connectivity index (χ0) is 14.1. The lowest BCUT2D eigenvalue weighted by Gasteiger charge is -2.28. The van der Waals surface area contributed by atoms with E-state index in [-0.39, 0.29) is 0 Å². The molecular formula is C18H36. The van der Waals surface area contributed by atoms with Crippen LogP contribution >= 0.6 is 0 Å². The predicted octanol–water partition coefficient (Wildman–Crippen LogP) is 6.47. The number of hydrogen-bond acceptors (Lipinski definition) is 0. The van der Waals surface area contributed by atoms with Gasteiger partial charge in [-0.15, -0.1) is 0 Å². The lowest BCUT2D eigenvalue weighted by molar-refractivity contribution is 0.322. The molecule has 0 bridgehead atoms. The summed E-state index contributed by atoms with van der Waals surface area (Å²) in [6.45, 7) is 16.6. The standard InChI is InChI=1S/C18H36/c1-8-11-12-18(15(5)10-3)17(7)16(6)13-14(4)9-2/h12,14-17H,8-11,13H2,1-7H3. The van der Waals surface area contributed by atoms with E-state index in [1.807, 2.05) is 0 Å². The highest BCUT2D eigenvalue weighted by Crippen LogP contribution is 2.32. The molecule has 4 atom stereocenters. The summed E-state index contributed by atoms with van der Waals surface area (Å²) in [5, 5.41) is 0. The summed E-state index contributed by atoms with van der Waals surface area (Å²) in [5.74, 6) is 3.19. The first kappa shape index (κ1) is 17.7. The largest absolute Gasteiger partial charge is 0.0848 e. The second-order valence-electron chi connectivity index (χ2n) is 6.32. The summed E-state index contributed by atoms with van der Waals surface area (Å²) < 4.78 is 0. The number of allylic oxidation sites excluding steroid dienone is 2. The highest BCUT2D eigenvalue weighted by Gasteiger charge is 2.21. The van der Waals surface area contributed by atoms with Gasteiger partial charge < -0.3 is 0 Å². The Bertz CT molecular complexity index is 226. The van der Waals surface area contributed by atoms with Crippen molar-refractivity contribution in [1.29, 1.82) is 0 Å². The van der Waals surface area contributed by atoms with Crippen LogP contribution in [0.5, 0.6) is 0 Å². The zero-order valence-corrected chi connectivity index (χ0v) is 13.9. The Kier molecular flexibility index (Phi) is 9.50. The number of unbranched alkanes of at least 4 members (excludes halogenated alkanes) is 1. The van der Waals surface area contributed by atoms with Gasteiger partial charge >= 0.3 is 0 Å². The van der Waals surface area contributed by atoms with E-state index in [0.717, 1.165) is 23.7 Å². The molecule has 0 N–H and O–H groups in total. The van der Waals surface area contributed by atoms with E-state index in [2.05, 4.69) is 54.5 Å². The molecule has 0 saturated heterocycles. The molecule has 0 aliphatic heterocycles. The van der Waals surface area contributed by atoms with Crippen molar-refractivity contribution >= 4 is 0 Å². The fourth-order valence-electron chi connectivity index (χ4n) is 2.72. The highest BCUT2D eigenvalue weighted by molar-refractivity contribution is 5.10. The van der Waals surface area contributed by atoms with Crippen LogP contribution < -0.4 is 0 Å². The second kappa shape index (κ2) is 9.64. The van der Waals surface area contributed by atoms with Gasteiger partial charge in [-0.2, -0.15) is 0 Å².